The summed E-state index contributed by atoms with van der Waals surface area (Å²) >= 11 is 1.58. The molecule has 3 rings (SSSR count). The van der Waals surface area contributed by atoms with E-state index in [4.69, 9.17) is 4.52 Å². The van der Waals surface area contributed by atoms with Gasteiger partial charge < -0.3 is 9.84 Å². The van der Waals surface area contributed by atoms with Gasteiger partial charge in [-0.15, -0.1) is 16.4 Å². The van der Waals surface area contributed by atoms with E-state index in [2.05, 4.69) is 39.6 Å². The minimum absolute atomic E-state index is 0.416. The SMILES string of the molecule is CC(C)NCc1cn(Cc2nc(-c3cccs3)no2)nn1. The van der Waals surface area contributed by atoms with Gasteiger partial charge in [-0.1, -0.05) is 30.3 Å². The van der Waals surface area contributed by atoms with E-state index >= 15 is 0 Å². The van der Waals surface area contributed by atoms with Crippen molar-refractivity contribution < 1.29 is 4.52 Å². The summed E-state index contributed by atoms with van der Waals surface area (Å²) in [6.45, 7) is 5.30. The van der Waals surface area contributed by atoms with Crippen LogP contribution in [-0.2, 0) is 13.1 Å². The summed E-state index contributed by atoms with van der Waals surface area (Å²) in [5.41, 5.74) is 0.890. The smallest absolute Gasteiger partial charge is 0.248 e. The Morgan fingerprint density at radius 1 is 1.43 bits per heavy atom. The van der Waals surface area contributed by atoms with E-state index in [1.54, 1.807) is 16.0 Å². The third kappa shape index (κ3) is 3.53. The molecule has 0 aliphatic carbocycles. The van der Waals surface area contributed by atoms with Crippen LogP contribution in [0.15, 0.2) is 28.2 Å². The molecule has 0 fully saturated rings. The lowest BCUT2D eigenvalue weighted by molar-refractivity contribution is 0.364. The molecule has 0 saturated heterocycles. The van der Waals surface area contributed by atoms with Crippen LogP contribution in [0.3, 0.4) is 0 Å². The lowest BCUT2D eigenvalue weighted by atomic mass is 10.3. The highest BCUT2D eigenvalue weighted by molar-refractivity contribution is 7.13. The number of nitrogens with zero attached hydrogens (tertiary/aromatic N) is 5. The van der Waals surface area contributed by atoms with E-state index in [0.717, 1.165) is 10.6 Å². The molecule has 0 spiro atoms. The van der Waals surface area contributed by atoms with Crippen molar-refractivity contribution in [3.63, 3.8) is 0 Å². The van der Waals surface area contributed by atoms with Crippen LogP contribution < -0.4 is 5.32 Å². The van der Waals surface area contributed by atoms with Gasteiger partial charge in [-0.2, -0.15) is 4.98 Å². The van der Waals surface area contributed by atoms with Crippen molar-refractivity contribution in [3.05, 3.63) is 35.3 Å². The highest BCUT2D eigenvalue weighted by atomic mass is 32.1. The summed E-state index contributed by atoms with van der Waals surface area (Å²) in [5, 5.41) is 17.4. The average Bonchev–Trinajstić information content (AvgIpc) is 3.18. The zero-order chi connectivity index (χ0) is 14.7. The maximum Gasteiger partial charge on any atom is 0.248 e. The zero-order valence-electron chi connectivity index (χ0n) is 11.9. The standard InChI is InChI=1S/C13H16N6OS/c1-9(2)14-6-10-7-19(18-16-10)8-12-15-13(17-20-12)11-4-3-5-21-11/h3-5,7,9,14H,6,8H2,1-2H3. The number of thiophene rings is 1. The summed E-state index contributed by atoms with van der Waals surface area (Å²) < 4.78 is 6.94. The van der Waals surface area contributed by atoms with Gasteiger partial charge in [0.2, 0.25) is 11.7 Å². The molecule has 110 valence electrons. The molecule has 0 aliphatic heterocycles. The molecular formula is C13H16N6OS. The summed E-state index contributed by atoms with van der Waals surface area (Å²) in [5.74, 6) is 1.13. The number of hydrogen-bond acceptors (Lipinski definition) is 7. The third-order valence-electron chi connectivity index (χ3n) is 2.78. The van der Waals surface area contributed by atoms with Crippen LogP contribution in [0.5, 0.6) is 0 Å². The molecule has 3 aromatic heterocycles. The van der Waals surface area contributed by atoms with Gasteiger partial charge in [0.15, 0.2) is 0 Å². The Labute approximate surface area is 126 Å². The summed E-state index contributed by atoms with van der Waals surface area (Å²) in [6, 6.07) is 4.34. The second-order valence-corrected chi connectivity index (χ2v) is 5.88. The fraction of sp³-hybridized carbons (Fsp3) is 0.385. The Morgan fingerprint density at radius 3 is 3.10 bits per heavy atom. The fourth-order valence-electron chi connectivity index (χ4n) is 1.77. The van der Waals surface area contributed by atoms with Crippen molar-refractivity contribution in [1.29, 1.82) is 0 Å². The van der Waals surface area contributed by atoms with Crippen LogP contribution >= 0.6 is 11.3 Å². The highest BCUT2D eigenvalue weighted by Gasteiger charge is 2.11. The molecule has 3 aromatic rings. The lowest BCUT2D eigenvalue weighted by Gasteiger charge is -2.03. The average molecular weight is 304 g/mol. The first-order valence-electron chi connectivity index (χ1n) is 6.69. The normalized spacial score (nSPS) is 11.4. The zero-order valence-corrected chi connectivity index (χ0v) is 12.7. The van der Waals surface area contributed by atoms with E-state index in [0.29, 0.717) is 30.8 Å². The molecule has 7 nitrogen and oxygen atoms in total. The van der Waals surface area contributed by atoms with Crippen LogP contribution in [-0.4, -0.2) is 31.2 Å². The Kier molecular flexibility index (Phi) is 4.07. The van der Waals surface area contributed by atoms with Crippen LogP contribution in [0.25, 0.3) is 10.7 Å². The number of aromatic nitrogens is 5. The van der Waals surface area contributed by atoms with Crippen molar-refractivity contribution >= 4 is 11.3 Å². The Balaban J connectivity index is 1.64. The molecule has 0 radical (unpaired) electrons. The molecule has 8 heteroatoms. The second kappa shape index (κ2) is 6.15. The molecule has 0 aliphatic rings. The maximum absolute atomic E-state index is 5.24. The minimum Gasteiger partial charge on any atom is -0.337 e. The maximum atomic E-state index is 5.24. The molecule has 0 aromatic carbocycles. The monoisotopic (exact) mass is 304 g/mol. The minimum atomic E-state index is 0.416. The molecule has 21 heavy (non-hydrogen) atoms. The van der Waals surface area contributed by atoms with Crippen LogP contribution in [0.4, 0.5) is 0 Å². The van der Waals surface area contributed by atoms with Crippen molar-refractivity contribution in [2.75, 3.05) is 0 Å². The topological polar surface area (TPSA) is 81.7 Å². The largest absolute Gasteiger partial charge is 0.337 e. The molecule has 0 bridgehead atoms. The molecule has 0 unspecified atom stereocenters. The van der Waals surface area contributed by atoms with E-state index in [-0.39, 0.29) is 0 Å². The van der Waals surface area contributed by atoms with Gasteiger partial charge in [-0.25, -0.2) is 4.68 Å². The highest BCUT2D eigenvalue weighted by Crippen LogP contribution is 2.21. The second-order valence-electron chi connectivity index (χ2n) is 4.93. The first-order valence-corrected chi connectivity index (χ1v) is 7.57. The molecule has 3 heterocycles. The van der Waals surface area contributed by atoms with Gasteiger partial charge in [0.1, 0.15) is 6.54 Å². The Morgan fingerprint density at radius 2 is 2.33 bits per heavy atom. The fourth-order valence-corrected chi connectivity index (χ4v) is 2.42. The summed E-state index contributed by atoms with van der Waals surface area (Å²) in [4.78, 5) is 5.35. The number of hydrogen-bond donors (Lipinski definition) is 1. The van der Waals surface area contributed by atoms with Crippen LogP contribution in [0.1, 0.15) is 25.4 Å². The molecule has 0 saturated carbocycles. The molecule has 0 amide bonds. The van der Waals surface area contributed by atoms with Crippen molar-refractivity contribution in [1.82, 2.24) is 30.5 Å². The van der Waals surface area contributed by atoms with Gasteiger partial charge in [0.05, 0.1) is 16.8 Å². The first kappa shape index (κ1) is 13.9. The van der Waals surface area contributed by atoms with Gasteiger partial charge in [0.25, 0.3) is 0 Å². The van der Waals surface area contributed by atoms with Gasteiger partial charge in [-0.3, -0.25) is 0 Å². The predicted octanol–water partition coefficient (Wildman–Crippen LogP) is 1.94. The summed E-state index contributed by atoms with van der Waals surface area (Å²) in [7, 11) is 0. The van der Waals surface area contributed by atoms with E-state index in [1.165, 1.54) is 0 Å². The van der Waals surface area contributed by atoms with Crippen molar-refractivity contribution in [3.8, 4) is 10.7 Å². The third-order valence-corrected chi connectivity index (χ3v) is 3.65. The first-order chi connectivity index (χ1) is 10.2. The number of nitrogens with one attached hydrogen (secondary N) is 1. The Bertz CT molecular complexity index is 687. The van der Waals surface area contributed by atoms with E-state index < -0.39 is 0 Å². The quantitative estimate of drug-likeness (QED) is 0.749. The number of rotatable bonds is 6. The van der Waals surface area contributed by atoms with Gasteiger partial charge >= 0.3 is 0 Å². The molecule has 0 atom stereocenters. The van der Waals surface area contributed by atoms with Crippen molar-refractivity contribution in [2.24, 2.45) is 0 Å². The van der Waals surface area contributed by atoms with Crippen LogP contribution in [0, 0.1) is 0 Å². The van der Waals surface area contributed by atoms with Crippen molar-refractivity contribution in [2.45, 2.75) is 33.0 Å². The van der Waals surface area contributed by atoms with Gasteiger partial charge in [-0.05, 0) is 11.4 Å². The lowest BCUT2D eigenvalue weighted by Crippen LogP contribution is -2.21. The summed E-state index contributed by atoms with van der Waals surface area (Å²) in [6.07, 6.45) is 1.88. The molecule has 1 N–H and O–H groups in total. The van der Waals surface area contributed by atoms with E-state index in [9.17, 15) is 0 Å². The van der Waals surface area contributed by atoms with Gasteiger partial charge in [0, 0.05) is 12.6 Å². The predicted molar refractivity (Wildman–Crippen MR) is 78.7 cm³/mol. The van der Waals surface area contributed by atoms with Crippen LogP contribution in [0.2, 0.25) is 0 Å². The van der Waals surface area contributed by atoms with E-state index in [1.807, 2.05) is 23.7 Å². The molecular weight excluding hydrogens is 288 g/mol. The Hall–Kier alpha value is -2.06.